The summed E-state index contributed by atoms with van der Waals surface area (Å²) in [6.07, 6.45) is 5.35. The molecule has 0 amide bonds. The molecule has 0 saturated heterocycles. The predicted molar refractivity (Wildman–Crippen MR) is 82.8 cm³/mol. The highest BCUT2D eigenvalue weighted by Gasteiger charge is 2.09. The maximum atomic E-state index is 9.19. The zero-order valence-electron chi connectivity index (χ0n) is 10.0. The SMILES string of the molecule is N#Cc1cc(Br)ccc1Nc1nc(Br)cn2ccnc12. The van der Waals surface area contributed by atoms with Crippen molar-refractivity contribution in [2.45, 2.75) is 0 Å². The Morgan fingerprint density at radius 3 is 2.95 bits per heavy atom. The molecule has 0 aliphatic carbocycles. The lowest BCUT2D eigenvalue weighted by atomic mass is 10.2. The fourth-order valence-electron chi connectivity index (χ4n) is 1.83. The number of nitrogens with zero attached hydrogens (tertiary/aromatic N) is 4. The number of rotatable bonds is 2. The highest BCUT2D eigenvalue weighted by Crippen LogP contribution is 2.25. The van der Waals surface area contributed by atoms with Gasteiger partial charge in [0.15, 0.2) is 11.5 Å². The number of imidazole rings is 1. The third-order valence-corrected chi connectivity index (χ3v) is 3.58. The summed E-state index contributed by atoms with van der Waals surface area (Å²) < 4.78 is 3.39. The molecule has 0 saturated carbocycles. The van der Waals surface area contributed by atoms with Gasteiger partial charge in [-0.1, -0.05) is 15.9 Å². The fraction of sp³-hybridized carbons (Fsp3) is 0. The van der Waals surface area contributed by atoms with E-state index < -0.39 is 0 Å². The maximum absolute atomic E-state index is 9.19. The first-order valence-corrected chi connectivity index (χ1v) is 7.22. The molecule has 2 heterocycles. The van der Waals surface area contributed by atoms with Crippen molar-refractivity contribution in [2.75, 3.05) is 5.32 Å². The molecule has 2 aromatic heterocycles. The van der Waals surface area contributed by atoms with Crippen molar-refractivity contribution in [3.63, 3.8) is 0 Å². The molecule has 7 heteroatoms. The number of hydrogen-bond donors (Lipinski definition) is 1. The van der Waals surface area contributed by atoms with E-state index in [1.54, 1.807) is 12.3 Å². The summed E-state index contributed by atoms with van der Waals surface area (Å²) in [7, 11) is 0. The van der Waals surface area contributed by atoms with Crippen molar-refractivity contribution >= 4 is 49.0 Å². The average molecular weight is 393 g/mol. The summed E-state index contributed by atoms with van der Waals surface area (Å²) in [5, 5.41) is 12.3. The molecule has 20 heavy (non-hydrogen) atoms. The highest BCUT2D eigenvalue weighted by molar-refractivity contribution is 9.10. The lowest BCUT2D eigenvalue weighted by Crippen LogP contribution is -2.00. The molecule has 98 valence electrons. The predicted octanol–water partition coefficient (Wildman–Crippen LogP) is 3.87. The van der Waals surface area contributed by atoms with Crippen molar-refractivity contribution in [1.82, 2.24) is 14.4 Å². The molecule has 0 unspecified atom stereocenters. The van der Waals surface area contributed by atoms with E-state index in [0.717, 1.165) is 4.47 Å². The quantitative estimate of drug-likeness (QED) is 0.718. The van der Waals surface area contributed by atoms with Crippen LogP contribution < -0.4 is 5.32 Å². The first kappa shape index (κ1) is 13.1. The number of anilines is 2. The van der Waals surface area contributed by atoms with E-state index in [0.29, 0.717) is 27.3 Å². The Bertz CT molecular complexity index is 834. The first-order chi connectivity index (χ1) is 9.67. The van der Waals surface area contributed by atoms with Gasteiger partial charge in [-0.2, -0.15) is 5.26 Å². The fourth-order valence-corrected chi connectivity index (χ4v) is 2.59. The minimum atomic E-state index is 0.533. The Labute approximate surface area is 131 Å². The number of hydrogen-bond acceptors (Lipinski definition) is 4. The van der Waals surface area contributed by atoms with E-state index in [1.807, 2.05) is 28.9 Å². The third-order valence-electron chi connectivity index (χ3n) is 2.70. The topological polar surface area (TPSA) is 66.0 Å². The summed E-state index contributed by atoms with van der Waals surface area (Å²) in [5.41, 5.74) is 1.91. The molecule has 1 aromatic carbocycles. The molecule has 1 N–H and O–H groups in total. The zero-order chi connectivity index (χ0) is 14.1. The second-order valence-electron chi connectivity index (χ2n) is 4.00. The van der Waals surface area contributed by atoms with Crippen LogP contribution in [-0.4, -0.2) is 14.4 Å². The molecule has 0 spiro atoms. The van der Waals surface area contributed by atoms with Crippen LogP contribution in [0.1, 0.15) is 5.56 Å². The van der Waals surface area contributed by atoms with Crippen LogP contribution in [0, 0.1) is 11.3 Å². The van der Waals surface area contributed by atoms with E-state index in [2.05, 4.69) is 53.2 Å². The Morgan fingerprint density at radius 2 is 2.15 bits per heavy atom. The van der Waals surface area contributed by atoms with Gasteiger partial charge in [0.1, 0.15) is 10.7 Å². The largest absolute Gasteiger partial charge is 0.336 e. The van der Waals surface area contributed by atoms with Gasteiger partial charge < -0.3 is 9.72 Å². The Hall–Kier alpha value is -1.91. The number of benzene rings is 1. The minimum Gasteiger partial charge on any atom is -0.336 e. The van der Waals surface area contributed by atoms with Crippen LogP contribution in [0.4, 0.5) is 11.5 Å². The highest BCUT2D eigenvalue weighted by atomic mass is 79.9. The average Bonchev–Trinajstić information content (AvgIpc) is 2.88. The van der Waals surface area contributed by atoms with Crippen molar-refractivity contribution in [1.29, 1.82) is 5.26 Å². The second-order valence-corrected chi connectivity index (χ2v) is 5.73. The Kier molecular flexibility index (Phi) is 3.42. The van der Waals surface area contributed by atoms with Crippen LogP contribution in [0.2, 0.25) is 0 Å². The molecule has 0 fully saturated rings. The number of nitriles is 1. The Balaban J connectivity index is 2.10. The van der Waals surface area contributed by atoms with E-state index in [1.165, 1.54) is 0 Å². The summed E-state index contributed by atoms with van der Waals surface area (Å²) in [4.78, 5) is 8.62. The molecular weight excluding hydrogens is 386 g/mol. The number of nitrogens with one attached hydrogen (secondary N) is 1. The van der Waals surface area contributed by atoms with Crippen molar-refractivity contribution in [3.05, 3.63) is 51.4 Å². The standard InChI is InChI=1S/C13H7Br2N5/c14-9-1-2-10(8(5-9)6-16)18-12-13-17-3-4-20(13)7-11(15)19-12/h1-5,7H,(H,18,19). The van der Waals surface area contributed by atoms with Gasteiger partial charge in [-0.3, -0.25) is 0 Å². The van der Waals surface area contributed by atoms with Gasteiger partial charge in [0.05, 0.1) is 11.3 Å². The molecule has 0 bridgehead atoms. The van der Waals surface area contributed by atoms with Crippen LogP contribution in [-0.2, 0) is 0 Å². The third kappa shape index (κ3) is 2.40. The second kappa shape index (κ2) is 5.23. The summed E-state index contributed by atoms with van der Waals surface area (Å²) in [6, 6.07) is 7.60. The summed E-state index contributed by atoms with van der Waals surface area (Å²) in [6.45, 7) is 0. The van der Waals surface area contributed by atoms with Gasteiger partial charge in [0.25, 0.3) is 0 Å². The monoisotopic (exact) mass is 391 g/mol. The molecular formula is C13H7Br2N5. The molecule has 0 radical (unpaired) electrons. The van der Waals surface area contributed by atoms with Gasteiger partial charge in [-0.05, 0) is 34.1 Å². The zero-order valence-corrected chi connectivity index (χ0v) is 13.2. The van der Waals surface area contributed by atoms with Crippen LogP contribution in [0.3, 0.4) is 0 Å². The minimum absolute atomic E-state index is 0.533. The van der Waals surface area contributed by atoms with Crippen molar-refractivity contribution in [2.24, 2.45) is 0 Å². The molecule has 0 atom stereocenters. The van der Waals surface area contributed by atoms with E-state index in [9.17, 15) is 5.26 Å². The number of aromatic nitrogens is 3. The molecule has 0 aliphatic heterocycles. The van der Waals surface area contributed by atoms with Gasteiger partial charge in [-0.15, -0.1) is 0 Å². The summed E-state index contributed by atoms with van der Waals surface area (Å²) in [5.74, 6) is 0.586. The molecule has 5 nitrogen and oxygen atoms in total. The van der Waals surface area contributed by atoms with E-state index in [-0.39, 0.29) is 0 Å². The van der Waals surface area contributed by atoms with Crippen LogP contribution in [0.15, 0.2) is 45.9 Å². The summed E-state index contributed by atoms with van der Waals surface area (Å²) >= 11 is 6.71. The van der Waals surface area contributed by atoms with Gasteiger partial charge in [0, 0.05) is 23.1 Å². The molecule has 3 aromatic rings. The molecule has 3 rings (SSSR count). The van der Waals surface area contributed by atoms with Gasteiger partial charge >= 0.3 is 0 Å². The van der Waals surface area contributed by atoms with Crippen molar-refractivity contribution in [3.8, 4) is 6.07 Å². The lowest BCUT2D eigenvalue weighted by molar-refractivity contribution is 1.10. The lowest BCUT2D eigenvalue weighted by Gasteiger charge is -2.09. The Morgan fingerprint density at radius 1 is 1.30 bits per heavy atom. The maximum Gasteiger partial charge on any atom is 0.180 e. The number of halogens is 2. The first-order valence-electron chi connectivity index (χ1n) is 5.63. The number of fused-ring (bicyclic) bond motifs is 1. The van der Waals surface area contributed by atoms with Gasteiger partial charge in [0.2, 0.25) is 0 Å². The van der Waals surface area contributed by atoms with Crippen LogP contribution in [0.25, 0.3) is 5.65 Å². The normalized spacial score (nSPS) is 10.4. The van der Waals surface area contributed by atoms with Crippen LogP contribution >= 0.6 is 31.9 Å². The molecule has 0 aliphatic rings. The van der Waals surface area contributed by atoms with Crippen molar-refractivity contribution < 1.29 is 0 Å². The van der Waals surface area contributed by atoms with E-state index >= 15 is 0 Å². The van der Waals surface area contributed by atoms with Crippen LogP contribution in [0.5, 0.6) is 0 Å². The smallest absolute Gasteiger partial charge is 0.180 e. The van der Waals surface area contributed by atoms with E-state index in [4.69, 9.17) is 0 Å². The van der Waals surface area contributed by atoms with Gasteiger partial charge in [-0.25, -0.2) is 9.97 Å².